The van der Waals surface area contributed by atoms with E-state index in [0.29, 0.717) is 5.56 Å². The Morgan fingerprint density at radius 2 is 2.04 bits per heavy atom. The molecule has 3 amide bonds. The Morgan fingerprint density at radius 1 is 1.39 bits per heavy atom. The number of hydrogen-bond acceptors (Lipinski definition) is 4. The molecule has 1 heterocycles. The number of nitrogens with one attached hydrogen (secondary N) is 1. The van der Waals surface area contributed by atoms with Gasteiger partial charge in [0.05, 0.1) is 12.5 Å². The van der Waals surface area contributed by atoms with Gasteiger partial charge in [-0.25, -0.2) is 4.39 Å². The van der Waals surface area contributed by atoms with Crippen molar-refractivity contribution in [3.8, 4) is 0 Å². The average Bonchev–Trinajstić information content (AvgIpc) is 2.80. The number of likely N-dealkylation sites (tertiary alicyclic amines) is 1. The Morgan fingerprint density at radius 3 is 2.61 bits per heavy atom. The van der Waals surface area contributed by atoms with Gasteiger partial charge < -0.3 is 5.32 Å². The van der Waals surface area contributed by atoms with Crippen LogP contribution in [0.1, 0.15) is 18.9 Å². The lowest BCUT2D eigenvalue weighted by Gasteiger charge is -2.23. The minimum absolute atomic E-state index is 0.00315. The van der Waals surface area contributed by atoms with Crippen LogP contribution in [-0.4, -0.2) is 53.7 Å². The van der Waals surface area contributed by atoms with Crippen molar-refractivity contribution in [3.05, 3.63) is 35.6 Å². The van der Waals surface area contributed by atoms with Crippen molar-refractivity contribution in [3.63, 3.8) is 0 Å². The van der Waals surface area contributed by atoms with Gasteiger partial charge in [0.15, 0.2) is 0 Å². The van der Waals surface area contributed by atoms with Crippen LogP contribution in [0.5, 0.6) is 0 Å². The number of carbonyl (C=O) groups is 3. The Hall–Kier alpha value is -2.28. The van der Waals surface area contributed by atoms with Crippen molar-refractivity contribution in [1.29, 1.82) is 0 Å². The van der Waals surface area contributed by atoms with Gasteiger partial charge in [-0.2, -0.15) is 0 Å². The molecule has 0 aliphatic carbocycles. The van der Waals surface area contributed by atoms with Gasteiger partial charge in [0.1, 0.15) is 11.9 Å². The summed E-state index contributed by atoms with van der Waals surface area (Å²) in [5, 5.41) is 2.56. The minimum Gasteiger partial charge on any atom is -0.350 e. The highest BCUT2D eigenvalue weighted by Gasteiger charge is 2.43. The molecule has 1 aliphatic heterocycles. The van der Waals surface area contributed by atoms with Gasteiger partial charge >= 0.3 is 0 Å². The second kappa shape index (κ2) is 6.87. The molecule has 1 fully saturated rings. The molecule has 0 aromatic heterocycles. The molecule has 0 saturated carbocycles. The Kier molecular flexibility index (Phi) is 5.10. The van der Waals surface area contributed by atoms with Crippen LogP contribution in [0.3, 0.4) is 0 Å². The Bertz CT molecular complexity index is 633. The summed E-state index contributed by atoms with van der Waals surface area (Å²) < 4.78 is 13.5. The van der Waals surface area contributed by atoms with Gasteiger partial charge in [-0.15, -0.1) is 0 Å². The fourth-order valence-corrected chi connectivity index (χ4v) is 2.53. The van der Waals surface area contributed by atoms with E-state index in [1.165, 1.54) is 13.0 Å². The van der Waals surface area contributed by atoms with Gasteiger partial charge in [-0.3, -0.25) is 24.2 Å². The molecule has 7 heteroatoms. The fraction of sp³-hybridized carbons (Fsp3) is 0.438. The highest BCUT2D eigenvalue weighted by atomic mass is 19.1. The van der Waals surface area contributed by atoms with E-state index < -0.39 is 23.8 Å². The van der Waals surface area contributed by atoms with Crippen LogP contribution in [0, 0.1) is 5.82 Å². The van der Waals surface area contributed by atoms with Crippen LogP contribution in [0.4, 0.5) is 4.39 Å². The van der Waals surface area contributed by atoms with Gasteiger partial charge in [0, 0.05) is 12.1 Å². The van der Waals surface area contributed by atoms with Gasteiger partial charge in [0.25, 0.3) is 0 Å². The molecule has 2 atom stereocenters. The number of carbonyl (C=O) groups excluding carboxylic acids is 3. The third-order valence-electron chi connectivity index (χ3n) is 3.96. The fourth-order valence-electron chi connectivity index (χ4n) is 2.53. The molecule has 2 unspecified atom stereocenters. The van der Waals surface area contributed by atoms with Crippen molar-refractivity contribution >= 4 is 17.7 Å². The van der Waals surface area contributed by atoms with Crippen molar-refractivity contribution < 1.29 is 18.8 Å². The summed E-state index contributed by atoms with van der Waals surface area (Å²) in [4.78, 5) is 39.1. The van der Waals surface area contributed by atoms with Gasteiger partial charge in [-0.1, -0.05) is 18.2 Å². The molecule has 6 nitrogen and oxygen atoms in total. The molecule has 124 valence electrons. The van der Waals surface area contributed by atoms with E-state index in [2.05, 4.69) is 5.32 Å². The maximum atomic E-state index is 13.5. The summed E-state index contributed by atoms with van der Waals surface area (Å²) in [5.74, 6) is -1.66. The summed E-state index contributed by atoms with van der Waals surface area (Å²) >= 11 is 0. The molecule has 1 saturated heterocycles. The number of nitrogens with zero attached hydrogens (tertiary/aromatic N) is 2. The third kappa shape index (κ3) is 3.56. The molecular formula is C16H20FN3O3. The molecule has 1 aliphatic rings. The molecule has 2 rings (SSSR count). The van der Waals surface area contributed by atoms with Crippen LogP contribution in [-0.2, 0) is 20.9 Å². The number of likely N-dealkylation sites (N-methyl/N-ethyl adjacent to an activating group) is 1. The van der Waals surface area contributed by atoms with E-state index in [1.54, 1.807) is 37.2 Å². The molecule has 0 spiro atoms. The monoisotopic (exact) mass is 321 g/mol. The highest BCUT2D eigenvalue weighted by Crippen LogP contribution is 2.19. The topological polar surface area (TPSA) is 69.7 Å². The zero-order valence-corrected chi connectivity index (χ0v) is 13.4. The van der Waals surface area contributed by atoms with E-state index in [-0.39, 0.29) is 24.8 Å². The summed E-state index contributed by atoms with van der Waals surface area (Å²) in [6.07, 6.45) is 0.0662. The van der Waals surface area contributed by atoms with Crippen LogP contribution in [0.25, 0.3) is 0 Å². The molecule has 1 aromatic carbocycles. The van der Waals surface area contributed by atoms with Crippen molar-refractivity contribution in [2.24, 2.45) is 0 Å². The molecule has 1 aromatic rings. The second-order valence-corrected chi connectivity index (χ2v) is 5.77. The summed E-state index contributed by atoms with van der Waals surface area (Å²) in [5.41, 5.74) is 0.346. The summed E-state index contributed by atoms with van der Waals surface area (Å²) in [7, 11) is 3.42. The standard InChI is InChI=1S/C16H20FN3O3/c1-10(20-14(21)8-13(16(20)23)19(2)3)15(22)18-9-11-6-4-5-7-12(11)17/h4-7,10,13H,8-9H2,1-3H3,(H,18,22). The first kappa shape index (κ1) is 17.1. The van der Waals surface area contributed by atoms with Gasteiger partial charge in [-0.05, 0) is 27.1 Å². The minimum atomic E-state index is -0.924. The van der Waals surface area contributed by atoms with Crippen LogP contribution >= 0.6 is 0 Å². The van der Waals surface area contributed by atoms with E-state index >= 15 is 0 Å². The summed E-state index contributed by atoms with van der Waals surface area (Å²) in [6.45, 7) is 1.49. The Labute approximate surface area is 134 Å². The first-order chi connectivity index (χ1) is 10.8. The number of rotatable bonds is 5. The van der Waals surface area contributed by atoms with E-state index in [9.17, 15) is 18.8 Å². The average molecular weight is 321 g/mol. The van der Waals surface area contributed by atoms with Crippen molar-refractivity contribution in [1.82, 2.24) is 15.1 Å². The second-order valence-electron chi connectivity index (χ2n) is 5.77. The number of benzene rings is 1. The van der Waals surface area contributed by atoms with Crippen molar-refractivity contribution in [2.75, 3.05) is 14.1 Å². The van der Waals surface area contributed by atoms with E-state index in [1.807, 2.05) is 0 Å². The molecule has 23 heavy (non-hydrogen) atoms. The Balaban J connectivity index is 2.01. The smallest absolute Gasteiger partial charge is 0.247 e. The predicted molar refractivity (Wildman–Crippen MR) is 81.7 cm³/mol. The highest BCUT2D eigenvalue weighted by molar-refractivity contribution is 6.08. The number of halogens is 1. The van der Waals surface area contributed by atoms with Crippen LogP contribution < -0.4 is 5.32 Å². The summed E-state index contributed by atoms with van der Waals surface area (Å²) in [6, 6.07) is 4.64. The normalized spacial score (nSPS) is 19.3. The molecular weight excluding hydrogens is 301 g/mol. The molecule has 0 radical (unpaired) electrons. The molecule has 1 N–H and O–H groups in total. The molecule has 0 bridgehead atoms. The van der Waals surface area contributed by atoms with Gasteiger partial charge in [0.2, 0.25) is 17.7 Å². The first-order valence-electron chi connectivity index (χ1n) is 7.36. The predicted octanol–water partition coefficient (Wildman–Crippen LogP) is 0.520. The SMILES string of the molecule is CC(C(=O)NCc1ccccc1F)N1C(=O)CC(N(C)C)C1=O. The third-order valence-corrected chi connectivity index (χ3v) is 3.96. The van der Waals surface area contributed by atoms with Crippen LogP contribution in [0.2, 0.25) is 0 Å². The lowest BCUT2D eigenvalue weighted by Crippen LogP contribution is -2.49. The quantitative estimate of drug-likeness (QED) is 0.803. The lowest BCUT2D eigenvalue weighted by molar-refractivity contribution is -0.147. The zero-order valence-electron chi connectivity index (χ0n) is 13.4. The van der Waals surface area contributed by atoms with E-state index in [0.717, 1.165) is 4.90 Å². The number of amides is 3. The first-order valence-corrected chi connectivity index (χ1v) is 7.36. The van der Waals surface area contributed by atoms with Crippen LogP contribution in [0.15, 0.2) is 24.3 Å². The lowest BCUT2D eigenvalue weighted by atomic mass is 10.2. The largest absolute Gasteiger partial charge is 0.350 e. The zero-order chi connectivity index (χ0) is 17.1. The number of imide groups is 1. The number of hydrogen-bond donors (Lipinski definition) is 1. The van der Waals surface area contributed by atoms with E-state index in [4.69, 9.17) is 0 Å². The maximum Gasteiger partial charge on any atom is 0.247 e. The van der Waals surface area contributed by atoms with Crippen molar-refractivity contribution in [2.45, 2.75) is 32.0 Å². The maximum absolute atomic E-state index is 13.5.